The van der Waals surface area contributed by atoms with Crippen molar-refractivity contribution in [3.8, 4) is 0 Å². The molecule has 0 radical (unpaired) electrons. The molecule has 37 heavy (non-hydrogen) atoms. The number of carbonyl (C=O) groups excluding carboxylic acids is 2. The molecule has 0 saturated carbocycles. The number of ketones is 2. The van der Waals surface area contributed by atoms with Crippen LogP contribution in [-0.4, -0.2) is 11.6 Å². The fraction of sp³-hybridized carbons (Fsp3) is 0.0909. The molecule has 2 heterocycles. The predicted octanol–water partition coefficient (Wildman–Crippen LogP) is 8.47. The van der Waals surface area contributed by atoms with E-state index in [4.69, 9.17) is 0 Å². The topological polar surface area (TPSA) is 37.4 Å². The maximum Gasteiger partial charge on any atom is 0.197 e. The van der Waals surface area contributed by atoms with Crippen molar-refractivity contribution in [3.05, 3.63) is 129 Å². The molecule has 0 atom stereocenters. The van der Waals surface area contributed by atoms with Crippen molar-refractivity contribution in [2.45, 2.75) is 19.3 Å². The van der Waals surface area contributed by atoms with Gasteiger partial charge in [0.2, 0.25) is 0 Å². The summed E-state index contributed by atoms with van der Waals surface area (Å²) in [4.78, 5) is 31.2. The number of hydrogen-bond acceptors (Lipinski definition) is 4. The minimum Gasteiger partial charge on any atom is -0.309 e. The lowest BCUT2D eigenvalue weighted by Crippen LogP contribution is -2.28. The van der Waals surface area contributed by atoms with Crippen LogP contribution in [-0.2, 0) is 5.41 Å². The molecule has 0 bridgehead atoms. The Labute approximate surface area is 219 Å². The van der Waals surface area contributed by atoms with Gasteiger partial charge in [0.05, 0.1) is 16.9 Å². The summed E-state index contributed by atoms with van der Waals surface area (Å²) in [5.74, 6) is -0.390. The van der Waals surface area contributed by atoms with Crippen LogP contribution in [0.5, 0.6) is 0 Å². The van der Waals surface area contributed by atoms with Gasteiger partial charge < -0.3 is 4.90 Å². The number of Topliss-reactive ketones (excluding diaryl/α,β-unsaturated/α-hetero) is 2. The van der Waals surface area contributed by atoms with Crippen molar-refractivity contribution >= 4 is 56.8 Å². The van der Waals surface area contributed by atoms with Gasteiger partial charge in [0, 0.05) is 32.0 Å². The molecule has 4 aromatic carbocycles. The molecule has 0 N–H and O–H groups in total. The summed E-state index contributed by atoms with van der Waals surface area (Å²) < 4.78 is 0. The van der Waals surface area contributed by atoms with Crippen molar-refractivity contribution in [1.29, 1.82) is 0 Å². The Hall–Kier alpha value is -4.28. The highest BCUT2D eigenvalue weighted by atomic mass is 32.1. The molecule has 0 spiro atoms. The highest BCUT2D eigenvalue weighted by Gasteiger charge is 2.39. The van der Waals surface area contributed by atoms with Crippen molar-refractivity contribution in [2.75, 3.05) is 4.90 Å². The van der Waals surface area contributed by atoms with Gasteiger partial charge in [0.25, 0.3) is 0 Å². The molecular weight excluding hydrogens is 474 g/mol. The second kappa shape index (κ2) is 7.86. The number of para-hydroxylation sites is 2. The molecule has 0 amide bonds. The molecule has 7 rings (SSSR count). The Bertz CT molecular complexity index is 1740. The summed E-state index contributed by atoms with van der Waals surface area (Å²) in [5, 5.41) is 1.93. The van der Waals surface area contributed by atoms with E-state index in [0.29, 0.717) is 11.1 Å². The van der Waals surface area contributed by atoms with Gasteiger partial charge in [0.1, 0.15) is 0 Å². The van der Waals surface area contributed by atoms with Crippen LogP contribution in [0.15, 0.2) is 103 Å². The van der Waals surface area contributed by atoms with E-state index in [1.54, 1.807) is 17.4 Å². The number of nitrogens with zero attached hydrogens (tertiary/aromatic N) is 1. The van der Waals surface area contributed by atoms with Crippen LogP contribution >= 0.6 is 11.3 Å². The van der Waals surface area contributed by atoms with E-state index in [-0.39, 0.29) is 22.6 Å². The Morgan fingerprint density at radius 1 is 0.703 bits per heavy atom. The SMILES string of the molecule is CC1(C)c2ccccc2N(c2ccccc2)c2cc(C=C3C(=O)c4cc5ccccc5cc4C3=O)sc21. The van der Waals surface area contributed by atoms with E-state index in [0.717, 1.165) is 32.7 Å². The van der Waals surface area contributed by atoms with E-state index in [9.17, 15) is 9.59 Å². The lowest BCUT2D eigenvalue weighted by atomic mass is 9.78. The first-order chi connectivity index (χ1) is 17.9. The van der Waals surface area contributed by atoms with Gasteiger partial charge in [-0.05, 0) is 58.8 Å². The molecule has 2 aliphatic rings. The van der Waals surface area contributed by atoms with Crippen molar-refractivity contribution in [3.63, 3.8) is 0 Å². The van der Waals surface area contributed by atoms with Crippen LogP contribution in [0.1, 0.15) is 49.9 Å². The zero-order chi connectivity index (χ0) is 25.3. The van der Waals surface area contributed by atoms with E-state index in [1.807, 2.05) is 54.6 Å². The normalized spacial score (nSPS) is 15.5. The Morgan fingerprint density at radius 2 is 1.30 bits per heavy atom. The standard InChI is InChI=1S/C33H23NO2S/c1-33(2)27-14-8-9-15-28(27)34(22-12-4-3-5-13-22)29-19-23(37-32(29)33)18-26-30(35)24-16-20-10-6-7-11-21(20)17-25(24)31(26)36/h3-19H,1-2H3. The second-order valence-corrected chi connectivity index (χ2v) is 11.2. The zero-order valence-electron chi connectivity index (χ0n) is 20.5. The van der Waals surface area contributed by atoms with E-state index in [2.05, 4.69) is 61.2 Å². The number of rotatable bonds is 2. The molecule has 5 aromatic rings. The van der Waals surface area contributed by atoms with E-state index >= 15 is 0 Å². The van der Waals surface area contributed by atoms with Gasteiger partial charge >= 0.3 is 0 Å². The molecule has 1 aromatic heterocycles. The Balaban J connectivity index is 1.38. The van der Waals surface area contributed by atoms with Crippen LogP contribution in [0.3, 0.4) is 0 Å². The summed E-state index contributed by atoms with van der Waals surface area (Å²) in [6.07, 6.45) is 1.79. The number of anilines is 3. The summed E-state index contributed by atoms with van der Waals surface area (Å²) in [6.45, 7) is 4.49. The number of carbonyl (C=O) groups is 2. The maximum atomic E-state index is 13.4. The average Bonchev–Trinajstić information content (AvgIpc) is 3.44. The average molecular weight is 498 g/mol. The lowest BCUT2D eigenvalue weighted by Gasteiger charge is -2.39. The first-order valence-corrected chi connectivity index (χ1v) is 13.2. The maximum absolute atomic E-state index is 13.4. The molecule has 0 fully saturated rings. The Kier molecular flexibility index (Phi) is 4.66. The third-order valence-electron chi connectivity index (χ3n) is 7.52. The largest absolute Gasteiger partial charge is 0.309 e. The first-order valence-electron chi connectivity index (χ1n) is 12.4. The van der Waals surface area contributed by atoms with Crippen LogP contribution in [0.2, 0.25) is 0 Å². The van der Waals surface area contributed by atoms with Crippen LogP contribution in [0.4, 0.5) is 17.1 Å². The quantitative estimate of drug-likeness (QED) is 0.181. The van der Waals surface area contributed by atoms with Gasteiger partial charge in [-0.15, -0.1) is 11.3 Å². The van der Waals surface area contributed by atoms with Crippen LogP contribution in [0.25, 0.3) is 16.8 Å². The molecule has 1 aliphatic carbocycles. The van der Waals surface area contributed by atoms with Crippen LogP contribution in [0, 0.1) is 0 Å². The summed E-state index contributed by atoms with van der Waals surface area (Å²) >= 11 is 1.65. The molecule has 1 aliphatic heterocycles. The predicted molar refractivity (Wildman–Crippen MR) is 152 cm³/mol. The highest BCUT2D eigenvalue weighted by Crippen LogP contribution is 2.55. The smallest absolute Gasteiger partial charge is 0.197 e. The minimum absolute atomic E-state index is 0.195. The number of hydrogen-bond donors (Lipinski definition) is 0. The second-order valence-electron chi connectivity index (χ2n) is 10.1. The van der Waals surface area contributed by atoms with Gasteiger partial charge in [-0.1, -0.05) is 74.5 Å². The highest BCUT2D eigenvalue weighted by molar-refractivity contribution is 7.13. The number of benzene rings is 4. The van der Waals surface area contributed by atoms with Crippen molar-refractivity contribution < 1.29 is 9.59 Å². The molecule has 0 unspecified atom stereocenters. The van der Waals surface area contributed by atoms with Gasteiger partial charge in [-0.25, -0.2) is 0 Å². The van der Waals surface area contributed by atoms with E-state index < -0.39 is 0 Å². The summed E-state index contributed by atoms with van der Waals surface area (Å²) in [6, 6.07) is 32.5. The summed E-state index contributed by atoms with van der Waals surface area (Å²) in [7, 11) is 0. The van der Waals surface area contributed by atoms with E-state index in [1.165, 1.54) is 10.4 Å². The molecular formula is C33H23NO2S. The van der Waals surface area contributed by atoms with Gasteiger partial charge in [0.15, 0.2) is 11.6 Å². The van der Waals surface area contributed by atoms with Gasteiger partial charge in [-0.2, -0.15) is 0 Å². The number of thiophene rings is 1. The van der Waals surface area contributed by atoms with Crippen molar-refractivity contribution in [2.24, 2.45) is 0 Å². The number of fused-ring (bicyclic) bond motifs is 4. The first kappa shape index (κ1) is 22.0. The van der Waals surface area contributed by atoms with Crippen molar-refractivity contribution in [1.82, 2.24) is 0 Å². The molecule has 0 saturated heterocycles. The lowest BCUT2D eigenvalue weighted by molar-refractivity contribution is 0.0990. The minimum atomic E-state index is -0.219. The molecule has 3 nitrogen and oxygen atoms in total. The van der Waals surface area contributed by atoms with Crippen LogP contribution < -0.4 is 4.90 Å². The fourth-order valence-electron chi connectivity index (χ4n) is 5.67. The summed E-state index contributed by atoms with van der Waals surface area (Å²) in [5.41, 5.74) is 5.58. The Morgan fingerprint density at radius 3 is 1.97 bits per heavy atom. The zero-order valence-corrected chi connectivity index (χ0v) is 21.3. The molecule has 178 valence electrons. The number of allylic oxidation sites excluding steroid dienone is 1. The third-order valence-corrected chi connectivity index (χ3v) is 8.92. The fourth-order valence-corrected chi connectivity index (χ4v) is 6.87. The molecule has 4 heteroatoms. The monoisotopic (exact) mass is 497 g/mol. The van der Waals surface area contributed by atoms with Gasteiger partial charge in [-0.3, -0.25) is 9.59 Å². The third kappa shape index (κ3) is 3.19.